The van der Waals surface area contributed by atoms with Gasteiger partial charge in [0.25, 0.3) is 0 Å². The first kappa shape index (κ1) is 14.5. The van der Waals surface area contributed by atoms with Crippen molar-refractivity contribution < 1.29 is 9.13 Å². The standard InChI is InChI=1S/C16H24FNO/c1-5-18-15(16(19-4)7-6-8-16)14-12(3)9-11(2)10-13(14)17/h9-10,15,18H,5-8H2,1-4H3. The molecule has 19 heavy (non-hydrogen) atoms. The van der Waals surface area contributed by atoms with Crippen molar-refractivity contribution in [2.45, 2.75) is 51.7 Å². The predicted molar refractivity (Wildman–Crippen MR) is 75.9 cm³/mol. The van der Waals surface area contributed by atoms with Crippen molar-refractivity contribution in [2.75, 3.05) is 13.7 Å². The number of halogens is 1. The van der Waals surface area contributed by atoms with E-state index in [1.54, 1.807) is 13.2 Å². The van der Waals surface area contributed by atoms with Gasteiger partial charge in [-0.15, -0.1) is 0 Å². The summed E-state index contributed by atoms with van der Waals surface area (Å²) in [6, 6.07) is 3.61. The third kappa shape index (κ3) is 2.54. The maximum absolute atomic E-state index is 14.4. The van der Waals surface area contributed by atoms with Gasteiger partial charge in [-0.2, -0.15) is 0 Å². The molecule has 1 aromatic rings. The zero-order valence-corrected chi connectivity index (χ0v) is 12.3. The monoisotopic (exact) mass is 265 g/mol. The van der Waals surface area contributed by atoms with Crippen molar-refractivity contribution in [3.05, 3.63) is 34.6 Å². The molecule has 0 heterocycles. The molecule has 0 amide bonds. The Kier molecular flexibility index (Phi) is 4.26. The quantitative estimate of drug-likeness (QED) is 0.877. The maximum Gasteiger partial charge on any atom is 0.128 e. The Morgan fingerprint density at radius 1 is 1.37 bits per heavy atom. The van der Waals surface area contributed by atoms with E-state index >= 15 is 0 Å². The molecule has 0 aromatic heterocycles. The zero-order chi connectivity index (χ0) is 14.0. The number of methoxy groups -OCH3 is 1. The number of benzene rings is 1. The van der Waals surface area contributed by atoms with Gasteiger partial charge in [-0.05, 0) is 56.8 Å². The fourth-order valence-corrected chi connectivity index (χ4v) is 3.18. The van der Waals surface area contributed by atoms with Crippen LogP contribution in [0.1, 0.15) is 48.9 Å². The van der Waals surface area contributed by atoms with E-state index in [9.17, 15) is 4.39 Å². The molecule has 3 heteroatoms. The average molecular weight is 265 g/mol. The summed E-state index contributed by atoms with van der Waals surface area (Å²) in [5.41, 5.74) is 2.51. The molecule has 1 fully saturated rings. The number of hydrogen-bond donors (Lipinski definition) is 1. The zero-order valence-electron chi connectivity index (χ0n) is 12.3. The molecule has 0 bridgehead atoms. The van der Waals surface area contributed by atoms with E-state index in [0.29, 0.717) is 0 Å². The van der Waals surface area contributed by atoms with Crippen molar-refractivity contribution in [3.63, 3.8) is 0 Å². The van der Waals surface area contributed by atoms with Gasteiger partial charge in [0.1, 0.15) is 5.82 Å². The van der Waals surface area contributed by atoms with Gasteiger partial charge >= 0.3 is 0 Å². The van der Waals surface area contributed by atoms with Gasteiger partial charge in [0.2, 0.25) is 0 Å². The normalized spacial score (nSPS) is 19.0. The van der Waals surface area contributed by atoms with Crippen molar-refractivity contribution in [3.8, 4) is 0 Å². The Hall–Kier alpha value is -0.930. The van der Waals surface area contributed by atoms with Crippen molar-refractivity contribution in [2.24, 2.45) is 0 Å². The number of nitrogens with one attached hydrogen (secondary N) is 1. The van der Waals surface area contributed by atoms with Crippen molar-refractivity contribution in [1.29, 1.82) is 0 Å². The van der Waals surface area contributed by atoms with Crippen LogP contribution in [-0.4, -0.2) is 19.3 Å². The van der Waals surface area contributed by atoms with Gasteiger partial charge in [0, 0.05) is 12.7 Å². The first-order valence-electron chi connectivity index (χ1n) is 7.09. The van der Waals surface area contributed by atoms with Gasteiger partial charge in [-0.3, -0.25) is 0 Å². The Morgan fingerprint density at radius 2 is 2.05 bits per heavy atom. The first-order chi connectivity index (χ1) is 9.04. The molecule has 0 spiro atoms. The summed E-state index contributed by atoms with van der Waals surface area (Å²) < 4.78 is 20.2. The minimum absolute atomic E-state index is 0.0585. The highest BCUT2D eigenvalue weighted by Gasteiger charge is 2.46. The summed E-state index contributed by atoms with van der Waals surface area (Å²) in [5.74, 6) is -0.119. The Bertz CT molecular complexity index is 426. The van der Waals surface area contributed by atoms with Crippen LogP contribution in [0.5, 0.6) is 0 Å². The number of ether oxygens (including phenoxy) is 1. The van der Waals surface area contributed by atoms with Gasteiger partial charge in [-0.1, -0.05) is 13.0 Å². The summed E-state index contributed by atoms with van der Waals surface area (Å²) in [5, 5.41) is 3.43. The molecule has 1 saturated carbocycles. The number of aryl methyl sites for hydroxylation is 2. The van der Waals surface area contributed by atoms with E-state index in [2.05, 4.69) is 12.2 Å². The summed E-state index contributed by atoms with van der Waals surface area (Å²) in [6.07, 6.45) is 3.14. The minimum atomic E-state index is -0.239. The Morgan fingerprint density at radius 3 is 2.47 bits per heavy atom. The van der Waals surface area contributed by atoms with E-state index in [0.717, 1.165) is 42.5 Å². The summed E-state index contributed by atoms with van der Waals surface area (Å²) in [4.78, 5) is 0. The van der Waals surface area contributed by atoms with Gasteiger partial charge in [0.05, 0.1) is 11.6 Å². The number of rotatable bonds is 5. The van der Waals surface area contributed by atoms with Crippen LogP contribution in [0.3, 0.4) is 0 Å². The highest BCUT2D eigenvalue weighted by Crippen LogP contribution is 2.46. The van der Waals surface area contributed by atoms with E-state index in [-0.39, 0.29) is 17.5 Å². The van der Waals surface area contributed by atoms with Crippen LogP contribution in [0.15, 0.2) is 12.1 Å². The lowest BCUT2D eigenvalue weighted by Gasteiger charge is -2.47. The predicted octanol–water partition coefficient (Wildman–Crippen LogP) is 3.66. The van der Waals surface area contributed by atoms with Gasteiger partial charge in [0.15, 0.2) is 0 Å². The van der Waals surface area contributed by atoms with Crippen LogP contribution in [-0.2, 0) is 4.74 Å². The second-order valence-electron chi connectivity index (χ2n) is 5.59. The molecule has 1 aliphatic rings. The van der Waals surface area contributed by atoms with Crippen LogP contribution in [0.2, 0.25) is 0 Å². The fourth-order valence-electron chi connectivity index (χ4n) is 3.18. The third-order valence-electron chi connectivity index (χ3n) is 4.31. The van der Waals surface area contributed by atoms with Gasteiger partial charge in [-0.25, -0.2) is 4.39 Å². The lowest BCUT2D eigenvalue weighted by molar-refractivity contribution is -0.100. The second-order valence-corrected chi connectivity index (χ2v) is 5.59. The number of likely N-dealkylation sites (N-methyl/N-ethyl adjacent to an activating group) is 1. The average Bonchev–Trinajstić information content (AvgIpc) is 2.26. The topological polar surface area (TPSA) is 21.3 Å². The highest BCUT2D eigenvalue weighted by molar-refractivity contribution is 5.36. The minimum Gasteiger partial charge on any atom is -0.376 e. The molecule has 2 nitrogen and oxygen atoms in total. The lowest BCUT2D eigenvalue weighted by Crippen LogP contribution is -2.51. The molecule has 0 radical (unpaired) electrons. The van der Waals surface area contributed by atoms with Crippen LogP contribution in [0, 0.1) is 19.7 Å². The molecule has 1 N–H and O–H groups in total. The number of hydrogen-bond acceptors (Lipinski definition) is 2. The molecule has 1 atom stereocenters. The second kappa shape index (κ2) is 5.59. The first-order valence-corrected chi connectivity index (χ1v) is 7.09. The maximum atomic E-state index is 14.4. The van der Waals surface area contributed by atoms with Crippen molar-refractivity contribution in [1.82, 2.24) is 5.32 Å². The summed E-state index contributed by atoms with van der Waals surface area (Å²) >= 11 is 0. The van der Waals surface area contributed by atoms with Crippen molar-refractivity contribution >= 4 is 0 Å². The molecule has 1 unspecified atom stereocenters. The van der Waals surface area contributed by atoms with E-state index in [4.69, 9.17) is 4.74 Å². The Balaban J connectivity index is 2.45. The molecule has 2 rings (SSSR count). The molecular weight excluding hydrogens is 241 g/mol. The Labute approximate surface area is 115 Å². The van der Waals surface area contributed by atoms with E-state index < -0.39 is 0 Å². The van der Waals surface area contributed by atoms with Crippen LogP contribution >= 0.6 is 0 Å². The molecular formula is C16H24FNO. The lowest BCUT2D eigenvalue weighted by atomic mass is 9.71. The molecule has 0 aliphatic heterocycles. The van der Waals surface area contributed by atoms with Gasteiger partial charge < -0.3 is 10.1 Å². The van der Waals surface area contributed by atoms with Crippen LogP contribution < -0.4 is 5.32 Å². The largest absolute Gasteiger partial charge is 0.376 e. The third-order valence-corrected chi connectivity index (χ3v) is 4.31. The smallest absolute Gasteiger partial charge is 0.128 e. The van der Waals surface area contributed by atoms with E-state index in [1.807, 2.05) is 19.9 Å². The molecule has 1 aromatic carbocycles. The molecule has 1 aliphatic carbocycles. The van der Waals surface area contributed by atoms with Crippen LogP contribution in [0.4, 0.5) is 4.39 Å². The molecule has 0 saturated heterocycles. The summed E-state index contributed by atoms with van der Waals surface area (Å²) in [6.45, 7) is 6.77. The fraction of sp³-hybridized carbons (Fsp3) is 0.625. The van der Waals surface area contributed by atoms with Crippen LogP contribution in [0.25, 0.3) is 0 Å². The molecule has 106 valence electrons. The summed E-state index contributed by atoms with van der Waals surface area (Å²) in [7, 11) is 1.74. The van der Waals surface area contributed by atoms with E-state index in [1.165, 1.54) is 0 Å². The SMILES string of the molecule is CCNC(c1c(C)cc(C)cc1F)C1(OC)CCC1. The highest BCUT2D eigenvalue weighted by atomic mass is 19.1.